The van der Waals surface area contributed by atoms with Gasteiger partial charge in [0.25, 0.3) is 0 Å². The van der Waals surface area contributed by atoms with E-state index in [0.717, 1.165) is 19.1 Å². The zero-order chi connectivity index (χ0) is 15.4. The molecule has 0 aromatic rings. The molecule has 2 amide bonds. The third kappa shape index (κ3) is 6.94. The van der Waals surface area contributed by atoms with Gasteiger partial charge in [-0.15, -0.1) is 0 Å². The highest BCUT2D eigenvalue weighted by Gasteiger charge is 2.31. The van der Waals surface area contributed by atoms with Gasteiger partial charge in [0.15, 0.2) is 0 Å². The largest absolute Gasteiger partial charge is 0.405 e. The molecule has 1 rings (SSSR count). The highest BCUT2D eigenvalue weighted by Crippen LogP contribution is 2.19. The molecule has 0 heterocycles. The highest BCUT2D eigenvalue weighted by atomic mass is 32.2. The number of sulfonamides is 1. The summed E-state index contributed by atoms with van der Waals surface area (Å²) in [5.41, 5.74) is 0. The molecule has 0 spiro atoms. The predicted molar refractivity (Wildman–Crippen MR) is 66.6 cm³/mol. The fraction of sp³-hybridized carbons (Fsp3) is 0.900. The maximum absolute atomic E-state index is 12.0. The number of halogens is 3. The Morgan fingerprint density at radius 3 is 2.25 bits per heavy atom. The lowest BCUT2D eigenvalue weighted by molar-refractivity contribution is -0.122. The Labute approximate surface area is 115 Å². The average Bonchev–Trinajstić information content (AvgIpc) is 2.26. The molecule has 0 unspecified atom stereocenters. The molecule has 2 atom stereocenters. The van der Waals surface area contributed by atoms with Crippen LogP contribution >= 0.6 is 0 Å². The Morgan fingerprint density at radius 2 is 1.75 bits per heavy atom. The number of alkyl halides is 3. The van der Waals surface area contributed by atoms with Crippen LogP contribution in [0.25, 0.3) is 0 Å². The maximum atomic E-state index is 12.0. The molecule has 1 aliphatic rings. The molecule has 0 aromatic heterocycles. The van der Waals surface area contributed by atoms with Crippen LogP contribution in [0.2, 0.25) is 0 Å². The summed E-state index contributed by atoms with van der Waals surface area (Å²) in [6.07, 6.45) is -0.831. The van der Waals surface area contributed by atoms with E-state index in [0.29, 0.717) is 12.8 Å². The molecule has 10 heteroatoms. The Hall–Kier alpha value is -1.03. The van der Waals surface area contributed by atoms with E-state index in [1.54, 1.807) is 5.32 Å². The van der Waals surface area contributed by atoms with E-state index >= 15 is 0 Å². The van der Waals surface area contributed by atoms with Gasteiger partial charge >= 0.3 is 12.2 Å². The molecular weight excluding hydrogens is 299 g/mol. The second-order valence-electron chi connectivity index (χ2n) is 4.83. The quantitative estimate of drug-likeness (QED) is 0.713. The van der Waals surface area contributed by atoms with Gasteiger partial charge in [-0.3, -0.25) is 0 Å². The number of carbonyl (C=O) groups is 1. The molecule has 3 N–H and O–H groups in total. The van der Waals surface area contributed by atoms with E-state index < -0.39 is 40.9 Å². The van der Waals surface area contributed by atoms with Gasteiger partial charge in [0.05, 0.1) is 6.26 Å². The minimum atomic E-state index is -4.48. The number of carbonyl (C=O) groups excluding carboxylic acids is 1. The van der Waals surface area contributed by atoms with Crippen LogP contribution in [0.4, 0.5) is 18.0 Å². The Bertz CT molecular complexity index is 439. The first-order chi connectivity index (χ1) is 9.07. The monoisotopic (exact) mass is 317 g/mol. The second kappa shape index (κ2) is 6.61. The van der Waals surface area contributed by atoms with Crippen molar-refractivity contribution in [1.29, 1.82) is 0 Å². The third-order valence-corrected chi connectivity index (χ3v) is 3.63. The van der Waals surface area contributed by atoms with Gasteiger partial charge in [0.2, 0.25) is 10.0 Å². The number of rotatable bonds is 4. The van der Waals surface area contributed by atoms with Crippen molar-refractivity contribution in [1.82, 2.24) is 15.4 Å². The van der Waals surface area contributed by atoms with Gasteiger partial charge in [-0.2, -0.15) is 13.2 Å². The van der Waals surface area contributed by atoms with E-state index in [-0.39, 0.29) is 0 Å². The van der Waals surface area contributed by atoms with Crippen molar-refractivity contribution in [3.63, 3.8) is 0 Å². The van der Waals surface area contributed by atoms with Gasteiger partial charge < -0.3 is 10.6 Å². The van der Waals surface area contributed by atoms with Crippen LogP contribution in [0.1, 0.15) is 25.7 Å². The highest BCUT2D eigenvalue weighted by molar-refractivity contribution is 7.88. The molecule has 6 nitrogen and oxygen atoms in total. The summed E-state index contributed by atoms with van der Waals surface area (Å²) < 4.78 is 60.7. The molecule has 1 fully saturated rings. The van der Waals surface area contributed by atoms with Crippen molar-refractivity contribution in [2.24, 2.45) is 0 Å². The van der Waals surface area contributed by atoms with Crippen LogP contribution in [0.5, 0.6) is 0 Å². The number of hydrogen-bond donors (Lipinski definition) is 3. The fourth-order valence-corrected chi connectivity index (χ4v) is 2.95. The van der Waals surface area contributed by atoms with Crippen LogP contribution in [-0.2, 0) is 10.0 Å². The summed E-state index contributed by atoms with van der Waals surface area (Å²) >= 11 is 0. The van der Waals surface area contributed by atoms with Gasteiger partial charge in [0.1, 0.15) is 6.54 Å². The molecule has 0 aliphatic heterocycles. The van der Waals surface area contributed by atoms with Crippen LogP contribution in [-0.4, -0.2) is 45.5 Å². The lowest BCUT2D eigenvalue weighted by Crippen LogP contribution is -2.55. The standard InChI is InChI=1S/C10H18F3N3O3S/c1-20(18,19)16-8-5-3-2-4-7(8)15-9(17)14-6-10(11,12)13/h7-8,16H,2-6H2,1H3,(H2,14,15,17)/t7-,8+/m0/s1. The average molecular weight is 317 g/mol. The zero-order valence-corrected chi connectivity index (χ0v) is 11.8. The number of hydrogen-bond acceptors (Lipinski definition) is 3. The molecule has 0 radical (unpaired) electrons. The van der Waals surface area contributed by atoms with E-state index in [9.17, 15) is 26.4 Å². The summed E-state index contributed by atoms with van der Waals surface area (Å²) in [4.78, 5) is 11.4. The number of nitrogens with one attached hydrogen (secondary N) is 3. The van der Waals surface area contributed by atoms with Crippen molar-refractivity contribution >= 4 is 16.1 Å². The summed E-state index contributed by atoms with van der Waals surface area (Å²) in [5, 5.41) is 4.09. The van der Waals surface area contributed by atoms with Gasteiger partial charge in [-0.25, -0.2) is 17.9 Å². The number of urea groups is 1. The van der Waals surface area contributed by atoms with Crippen molar-refractivity contribution < 1.29 is 26.4 Å². The molecule has 0 saturated heterocycles. The summed E-state index contributed by atoms with van der Waals surface area (Å²) in [6, 6.07) is -1.95. The van der Waals surface area contributed by atoms with Gasteiger partial charge in [-0.05, 0) is 12.8 Å². The molecule has 0 bridgehead atoms. The smallest absolute Gasteiger partial charge is 0.334 e. The van der Waals surface area contributed by atoms with Crippen molar-refractivity contribution in [2.75, 3.05) is 12.8 Å². The fourth-order valence-electron chi connectivity index (χ4n) is 2.12. The van der Waals surface area contributed by atoms with Crippen LogP contribution in [0, 0.1) is 0 Å². The van der Waals surface area contributed by atoms with E-state index in [2.05, 4.69) is 10.0 Å². The first kappa shape index (κ1) is 17.0. The first-order valence-electron chi connectivity index (χ1n) is 6.15. The van der Waals surface area contributed by atoms with Gasteiger partial charge in [-0.1, -0.05) is 12.8 Å². The van der Waals surface area contributed by atoms with Crippen LogP contribution < -0.4 is 15.4 Å². The molecule has 1 aliphatic carbocycles. The molecule has 118 valence electrons. The molecule has 1 saturated carbocycles. The van der Waals surface area contributed by atoms with Crippen LogP contribution in [0.15, 0.2) is 0 Å². The van der Waals surface area contributed by atoms with E-state index in [4.69, 9.17) is 0 Å². The SMILES string of the molecule is CS(=O)(=O)N[C@@H]1CCCC[C@@H]1NC(=O)NCC(F)(F)F. The van der Waals surface area contributed by atoms with Crippen LogP contribution in [0.3, 0.4) is 0 Å². The second-order valence-corrected chi connectivity index (χ2v) is 6.61. The van der Waals surface area contributed by atoms with Crippen molar-refractivity contribution in [3.05, 3.63) is 0 Å². The minimum absolute atomic E-state index is 0.490. The Kier molecular flexibility index (Phi) is 5.63. The summed E-state index contributed by atoms with van der Waals surface area (Å²) in [5.74, 6) is 0. The van der Waals surface area contributed by atoms with Crippen molar-refractivity contribution in [2.45, 2.75) is 43.9 Å². The Morgan fingerprint density at radius 1 is 1.20 bits per heavy atom. The third-order valence-electron chi connectivity index (χ3n) is 2.90. The lowest BCUT2D eigenvalue weighted by atomic mass is 9.91. The summed E-state index contributed by atoms with van der Waals surface area (Å²) in [7, 11) is -3.43. The molecular formula is C10H18F3N3O3S. The zero-order valence-electron chi connectivity index (χ0n) is 11.0. The van der Waals surface area contributed by atoms with E-state index in [1.165, 1.54) is 0 Å². The first-order valence-corrected chi connectivity index (χ1v) is 8.04. The molecule has 20 heavy (non-hydrogen) atoms. The van der Waals surface area contributed by atoms with E-state index in [1.807, 2.05) is 0 Å². The van der Waals surface area contributed by atoms with Crippen molar-refractivity contribution in [3.8, 4) is 0 Å². The van der Waals surface area contributed by atoms with Gasteiger partial charge in [0, 0.05) is 12.1 Å². The molecule has 0 aromatic carbocycles. The normalized spacial score (nSPS) is 24.2. The number of amides is 2. The summed E-state index contributed by atoms with van der Waals surface area (Å²) in [6.45, 7) is -1.42. The maximum Gasteiger partial charge on any atom is 0.405 e. The lowest BCUT2D eigenvalue weighted by Gasteiger charge is -2.32. The topological polar surface area (TPSA) is 87.3 Å². The Balaban J connectivity index is 2.52. The predicted octanol–water partition coefficient (Wildman–Crippen LogP) is 0.708. The minimum Gasteiger partial charge on any atom is -0.334 e.